The first kappa shape index (κ1) is 15.3. The van der Waals surface area contributed by atoms with Crippen LogP contribution in [0.5, 0.6) is 11.5 Å². The molecule has 0 aliphatic heterocycles. The second kappa shape index (κ2) is 6.63. The molecule has 0 aromatic heterocycles. The van der Waals surface area contributed by atoms with Gasteiger partial charge < -0.3 is 9.47 Å². The van der Waals surface area contributed by atoms with Crippen molar-refractivity contribution in [2.75, 3.05) is 14.2 Å². The molecule has 0 radical (unpaired) electrons. The summed E-state index contributed by atoms with van der Waals surface area (Å²) < 4.78 is 10.9. The van der Waals surface area contributed by atoms with Gasteiger partial charge in [-0.05, 0) is 47.2 Å². The maximum Gasteiger partial charge on any atom is 0.161 e. The quantitative estimate of drug-likeness (QED) is 0.475. The molecule has 0 N–H and O–H groups in total. The lowest BCUT2D eigenvalue weighted by molar-refractivity contribution is 0.352. The number of rotatable bonds is 4. The number of ether oxygens (including phenoxy) is 2. The molecule has 2 aromatic carbocycles. The van der Waals surface area contributed by atoms with Gasteiger partial charge >= 0.3 is 0 Å². The van der Waals surface area contributed by atoms with Gasteiger partial charge in [-0.25, -0.2) is 0 Å². The van der Waals surface area contributed by atoms with E-state index in [2.05, 4.69) is 28.2 Å². The summed E-state index contributed by atoms with van der Waals surface area (Å²) in [6.07, 6.45) is 1.53. The molecular formula is C18H19N3O2. The van der Waals surface area contributed by atoms with E-state index in [4.69, 9.17) is 15.0 Å². The Kier molecular flexibility index (Phi) is 4.40. The normalized spacial score (nSPS) is 19.4. The third kappa shape index (κ3) is 2.96. The van der Waals surface area contributed by atoms with E-state index >= 15 is 0 Å². The molecular weight excluding hydrogens is 290 g/mol. The monoisotopic (exact) mass is 309 g/mol. The lowest BCUT2D eigenvalue weighted by Gasteiger charge is -2.30. The molecule has 23 heavy (non-hydrogen) atoms. The molecule has 1 aliphatic carbocycles. The van der Waals surface area contributed by atoms with Crippen LogP contribution in [0.2, 0.25) is 0 Å². The van der Waals surface area contributed by atoms with Crippen molar-refractivity contribution in [2.45, 2.75) is 24.8 Å². The first-order valence-electron chi connectivity index (χ1n) is 7.60. The largest absolute Gasteiger partial charge is 0.493 e. The van der Waals surface area contributed by atoms with Crippen molar-refractivity contribution in [1.82, 2.24) is 0 Å². The average Bonchev–Trinajstić information content (AvgIpc) is 2.61. The minimum Gasteiger partial charge on any atom is -0.493 e. The summed E-state index contributed by atoms with van der Waals surface area (Å²) in [7, 11) is 3.28. The Balaban J connectivity index is 2.12. The van der Waals surface area contributed by atoms with Gasteiger partial charge in [-0.1, -0.05) is 35.4 Å². The van der Waals surface area contributed by atoms with E-state index in [0.717, 1.165) is 24.2 Å². The highest BCUT2D eigenvalue weighted by molar-refractivity contribution is 5.52. The number of fused-ring (bicyclic) bond motifs is 1. The van der Waals surface area contributed by atoms with Gasteiger partial charge in [0.2, 0.25) is 0 Å². The van der Waals surface area contributed by atoms with E-state index < -0.39 is 0 Å². The van der Waals surface area contributed by atoms with Crippen LogP contribution in [0.3, 0.4) is 0 Å². The highest BCUT2D eigenvalue weighted by Crippen LogP contribution is 2.42. The maximum absolute atomic E-state index is 8.82. The van der Waals surface area contributed by atoms with Gasteiger partial charge in [0, 0.05) is 16.9 Å². The maximum atomic E-state index is 8.82. The summed E-state index contributed by atoms with van der Waals surface area (Å²) in [5.41, 5.74) is 12.4. The van der Waals surface area contributed by atoms with Gasteiger partial charge in [0.15, 0.2) is 11.5 Å². The summed E-state index contributed by atoms with van der Waals surface area (Å²) in [6, 6.07) is 14.3. The number of hydrogen-bond donors (Lipinski definition) is 0. The Hall–Kier alpha value is -2.65. The van der Waals surface area contributed by atoms with Crippen LogP contribution in [0.4, 0.5) is 0 Å². The van der Waals surface area contributed by atoms with Crippen LogP contribution in [0.15, 0.2) is 47.6 Å². The van der Waals surface area contributed by atoms with Crippen molar-refractivity contribution >= 4 is 0 Å². The molecule has 5 heteroatoms. The zero-order valence-corrected chi connectivity index (χ0v) is 13.3. The second-order valence-electron chi connectivity index (χ2n) is 5.67. The molecule has 0 bridgehead atoms. The lowest BCUT2D eigenvalue weighted by atomic mass is 9.76. The van der Waals surface area contributed by atoms with Crippen LogP contribution in [0, 0.1) is 0 Å². The third-order valence-corrected chi connectivity index (χ3v) is 4.40. The van der Waals surface area contributed by atoms with E-state index in [9.17, 15) is 0 Å². The molecule has 2 aromatic rings. The minimum absolute atomic E-state index is 0.0455. The van der Waals surface area contributed by atoms with Gasteiger partial charge in [-0.3, -0.25) is 0 Å². The first-order chi connectivity index (χ1) is 11.3. The molecule has 2 atom stereocenters. The van der Waals surface area contributed by atoms with Crippen LogP contribution in [-0.4, -0.2) is 20.3 Å². The number of methoxy groups -OCH3 is 2. The fraction of sp³-hybridized carbons (Fsp3) is 0.333. The van der Waals surface area contributed by atoms with Crippen molar-refractivity contribution in [1.29, 1.82) is 0 Å². The van der Waals surface area contributed by atoms with Crippen LogP contribution in [0.25, 0.3) is 10.4 Å². The van der Waals surface area contributed by atoms with Gasteiger partial charge in [-0.15, -0.1) is 0 Å². The van der Waals surface area contributed by atoms with Crippen molar-refractivity contribution in [3.63, 3.8) is 0 Å². The smallest absolute Gasteiger partial charge is 0.161 e. The van der Waals surface area contributed by atoms with E-state index in [1.165, 1.54) is 11.1 Å². The Morgan fingerprint density at radius 1 is 1.09 bits per heavy atom. The molecule has 0 unspecified atom stereocenters. The zero-order chi connectivity index (χ0) is 16.2. The molecule has 0 saturated carbocycles. The van der Waals surface area contributed by atoms with Crippen molar-refractivity contribution in [3.05, 3.63) is 69.6 Å². The van der Waals surface area contributed by atoms with Crippen molar-refractivity contribution in [3.8, 4) is 11.5 Å². The standard InChI is InChI=1S/C18H19N3O2/c1-22-17-9-13-8-14(20-21-19)10-15(12-6-4-3-5-7-12)16(13)11-18(17)23-2/h3-7,9,11,14-15H,8,10H2,1-2H3/t14-,15-/m0/s1. The molecule has 3 rings (SSSR count). The van der Waals surface area contributed by atoms with Crippen molar-refractivity contribution < 1.29 is 9.47 Å². The predicted molar refractivity (Wildman–Crippen MR) is 89.1 cm³/mol. The second-order valence-corrected chi connectivity index (χ2v) is 5.67. The van der Waals surface area contributed by atoms with Gasteiger partial charge in [-0.2, -0.15) is 0 Å². The first-order valence-corrected chi connectivity index (χ1v) is 7.60. The summed E-state index contributed by atoms with van der Waals surface area (Å²) in [5, 5.41) is 3.96. The van der Waals surface area contributed by atoms with E-state index in [0.29, 0.717) is 5.75 Å². The van der Waals surface area contributed by atoms with Crippen LogP contribution in [-0.2, 0) is 6.42 Å². The Bertz CT molecular complexity index is 739. The molecule has 0 fully saturated rings. The predicted octanol–water partition coefficient (Wildman–Crippen LogP) is 4.46. The highest BCUT2D eigenvalue weighted by atomic mass is 16.5. The van der Waals surface area contributed by atoms with E-state index in [1.807, 2.05) is 24.3 Å². The highest BCUT2D eigenvalue weighted by Gasteiger charge is 2.29. The minimum atomic E-state index is -0.0455. The number of hydrogen-bond acceptors (Lipinski definition) is 3. The summed E-state index contributed by atoms with van der Waals surface area (Å²) in [4.78, 5) is 3.01. The van der Waals surface area contributed by atoms with Gasteiger partial charge in [0.25, 0.3) is 0 Å². The molecule has 1 aliphatic rings. The van der Waals surface area contributed by atoms with Gasteiger partial charge in [0.1, 0.15) is 0 Å². The topological polar surface area (TPSA) is 67.2 Å². The van der Waals surface area contributed by atoms with Crippen LogP contribution in [0.1, 0.15) is 29.0 Å². The van der Waals surface area contributed by atoms with E-state index in [1.54, 1.807) is 14.2 Å². The van der Waals surface area contributed by atoms with Crippen LogP contribution < -0.4 is 9.47 Å². The van der Waals surface area contributed by atoms with Gasteiger partial charge in [0.05, 0.1) is 14.2 Å². The zero-order valence-electron chi connectivity index (χ0n) is 13.3. The van der Waals surface area contributed by atoms with Crippen molar-refractivity contribution in [2.24, 2.45) is 5.11 Å². The molecule has 0 amide bonds. The molecule has 118 valence electrons. The SMILES string of the molecule is COc1cc2c(cc1OC)[C@H](c1ccccc1)C[C@@H](N=[N+]=[N-])C2. The third-order valence-electron chi connectivity index (χ3n) is 4.40. The number of benzene rings is 2. The van der Waals surface area contributed by atoms with E-state index in [-0.39, 0.29) is 12.0 Å². The number of nitrogens with zero attached hydrogens (tertiary/aromatic N) is 3. The molecule has 5 nitrogen and oxygen atoms in total. The Labute approximate surface area is 135 Å². The van der Waals surface area contributed by atoms with Crippen LogP contribution >= 0.6 is 0 Å². The Morgan fingerprint density at radius 2 is 1.78 bits per heavy atom. The fourth-order valence-electron chi connectivity index (χ4n) is 3.34. The molecule has 0 spiro atoms. The lowest BCUT2D eigenvalue weighted by Crippen LogP contribution is -2.22. The number of azide groups is 1. The summed E-state index contributed by atoms with van der Waals surface area (Å²) in [5.74, 6) is 1.63. The summed E-state index contributed by atoms with van der Waals surface area (Å²) >= 11 is 0. The fourth-order valence-corrected chi connectivity index (χ4v) is 3.34. The molecule has 0 heterocycles. The average molecular weight is 309 g/mol. The Morgan fingerprint density at radius 3 is 2.43 bits per heavy atom. The molecule has 0 saturated heterocycles. The summed E-state index contributed by atoms with van der Waals surface area (Å²) in [6.45, 7) is 0.